The molecule has 2 N–H and O–H groups in total. The van der Waals surface area contributed by atoms with Crippen LogP contribution in [0.3, 0.4) is 0 Å². The van der Waals surface area contributed by atoms with Gasteiger partial charge in [0.15, 0.2) is 0 Å². The van der Waals surface area contributed by atoms with Gasteiger partial charge in [-0.05, 0) is 63.3 Å². The summed E-state index contributed by atoms with van der Waals surface area (Å²) >= 11 is 0. The van der Waals surface area contributed by atoms with Crippen LogP contribution in [0.4, 0.5) is 0 Å². The van der Waals surface area contributed by atoms with Gasteiger partial charge in [-0.25, -0.2) is 0 Å². The minimum Gasteiger partial charge on any atom is -0.496 e. The molecule has 2 atom stereocenters. The predicted octanol–water partition coefficient (Wildman–Crippen LogP) is 4.83. The van der Waals surface area contributed by atoms with Crippen molar-refractivity contribution >= 4 is 5.97 Å². The van der Waals surface area contributed by atoms with Crippen LogP contribution < -0.4 is 9.47 Å². The maximum absolute atomic E-state index is 11.5. The van der Waals surface area contributed by atoms with Gasteiger partial charge in [0.2, 0.25) is 0 Å². The second kappa shape index (κ2) is 11.9. The average molecular weight is 481 g/mol. The number of hydrogen-bond donors (Lipinski definition) is 2. The topological polar surface area (TPSA) is 93.8 Å². The van der Waals surface area contributed by atoms with Crippen LogP contribution in [0.15, 0.2) is 42.5 Å². The van der Waals surface area contributed by atoms with Gasteiger partial charge in [-0.2, -0.15) is 5.10 Å². The molecule has 0 radical (unpaired) electrons. The summed E-state index contributed by atoms with van der Waals surface area (Å²) in [5.41, 5.74) is 5.12. The molecular formula is C28H36N2O5. The van der Waals surface area contributed by atoms with E-state index in [4.69, 9.17) is 9.47 Å². The molecule has 0 amide bonds. The molecule has 188 valence electrons. The first-order chi connectivity index (χ1) is 16.7. The van der Waals surface area contributed by atoms with E-state index in [9.17, 15) is 15.0 Å². The monoisotopic (exact) mass is 480 g/mol. The fourth-order valence-electron chi connectivity index (χ4n) is 4.65. The highest BCUT2D eigenvalue weighted by Crippen LogP contribution is 2.36. The third-order valence-electron chi connectivity index (χ3n) is 6.71. The van der Waals surface area contributed by atoms with Crippen LogP contribution in [-0.2, 0) is 24.2 Å². The van der Waals surface area contributed by atoms with E-state index in [0.29, 0.717) is 23.7 Å². The minimum atomic E-state index is -0.881. The molecule has 0 aliphatic rings. The van der Waals surface area contributed by atoms with Crippen LogP contribution in [0.5, 0.6) is 11.5 Å². The normalized spacial score (nSPS) is 12.9. The Labute approximate surface area is 207 Å². The van der Waals surface area contributed by atoms with Crippen LogP contribution in [0.2, 0.25) is 0 Å². The van der Waals surface area contributed by atoms with Crippen molar-refractivity contribution in [1.82, 2.24) is 9.78 Å². The summed E-state index contributed by atoms with van der Waals surface area (Å²) < 4.78 is 12.9. The minimum absolute atomic E-state index is 0.0642. The molecule has 0 saturated heterocycles. The highest BCUT2D eigenvalue weighted by molar-refractivity contribution is 5.70. The zero-order valence-corrected chi connectivity index (χ0v) is 21.2. The fourth-order valence-corrected chi connectivity index (χ4v) is 4.65. The summed E-state index contributed by atoms with van der Waals surface area (Å²) in [6.07, 6.45) is 1.73. The number of aliphatic hydroxyl groups is 1. The van der Waals surface area contributed by atoms with Gasteiger partial charge < -0.3 is 19.7 Å². The average Bonchev–Trinajstić information content (AvgIpc) is 3.10. The van der Waals surface area contributed by atoms with Crippen molar-refractivity contribution in [3.8, 4) is 11.5 Å². The number of hydrogen-bond acceptors (Lipinski definition) is 5. The number of aromatic nitrogens is 2. The second-order valence-electron chi connectivity index (χ2n) is 9.04. The molecular weight excluding hydrogens is 444 g/mol. The lowest BCUT2D eigenvalue weighted by atomic mass is 9.89. The number of aliphatic hydroxyl groups excluding tert-OH is 1. The molecule has 1 aromatic heterocycles. The van der Waals surface area contributed by atoms with Gasteiger partial charge in [0.25, 0.3) is 0 Å². The Balaban J connectivity index is 1.90. The molecule has 3 aromatic rings. The van der Waals surface area contributed by atoms with Gasteiger partial charge in [0.1, 0.15) is 11.5 Å². The quantitative estimate of drug-likeness (QED) is 0.386. The number of carbonyl (C=O) groups is 1. The van der Waals surface area contributed by atoms with E-state index in [1.807, 2.05) is 55.8 Å². The summed E-state index contributed by atoms with van der Waals surface area (Å²) in [6.45, 7) is 6.12. The standard InChI is InChI=1S/C28H36N2O5/c1-18-25(34-4)14-23(15-26(18)35-5)28(33)22(13-9-12-21-10-7-6-8-11-21)17-30-20(3)24(16-27(31)32)19(2)29-30/h6-8,10-11,14-15,22,28,33H,9,12-13,16-17H2,1-5H3,(H,31,32)/t22-,28-/m0/s1. The number of methoxy groups -OCH3 is 2. The summed E-state index contributed by atoms with van der Waals surface area (Å²) in [4.78, 5) is 11.3. The van der Waals surface area contributed by atoms with Crippen molar-refractivity contribution < 1.29 is 24.5 Å². The molecule has 1 heterocycles. The van der Waals surface area contributed by atoms with E-state index in [1.54, 1.807) is 14.2 Å². The van der Waals surface area contributed by atoms with Crippen molar-refractivity contribution in [1.29, 1.82) is 0 Å². The molecule has 0 spiro atoms. The van der Waals surface area contributed by atoms with Crippen LogP contribution in [0.1, 0.15) is 52.6 Å². The Bertz CT molecular complexity index is 1110. The zero-order chi connectivity index (χ0) is 25.5. The zero-order valence-electron chi connectivity index (χ0n) is 21.2. The molecule has 7 nitrogen and oxygen atoms in total. The van der Waals surface area contributed by atoms with Gasteiger partial charge in [-0.15, -0.1) is 0 Å². The molecule has 0 unspecified atom stereocenters. The Hall–Kier alpha value is -3.32. The molecule has 3 rings (SSSR count). The smallest absolute Gasteiger partial charge is 0.307 e. The lowest BCUT2D eigenvalue weighted by Crippen LogP contribution is -2.21. The highest BCUT2D eigenvalue weighted by atomic mass is 16.5. The van der Waals surface area contributed by atoms with E-state index < -0.39 is 12.1 Å². The molecule has 0 aliphatic heterocycles. The van der Waals surface area contributed by atoms with E-state index in [2.05, 4.69) is 17.2 Å². The van der Waals surface area contributed by atoms with Crippen LogP contribution >= 0.6 is 0 Å². The Morgan fingerprint density at radius 3 is 2.26 bits per heavy atom. The number of carboxylic acids is 1. The number of carboxylic acid groups (broad SMARTS) is 1. The van der Waals surface area contributed by atoms with E-state index in [1.165, 1.54) is 5.56 Å². The highest BCUT2D eigenvalue weighted by Gasteiger charge is 2.26. The fraction of sp³-hybridized carbons (Fsp3) is 0.429. The molecule has 2 aromatic carbocycles. The van der Waals surface area contributed by atoms with Crippen molar-refractivity contribution in [3.63, 3.8) is 0 Å². The first-order valence-corrected chi connectivity index (χ1v) is 11.9. The third-order valence-corrected chi connectivity index (χ3v) is 6.71. The molecule has 0 fully saturated rings. The number of benzene rings is 2. The van der Waals surface area contributed by atoms with Crippen molar-refractivity contribution in [2.24, 2.45) is 5.92 Å². The van der Waals surface area contributed by atoms with E-state index in [0.717, 1.165) is 41.6 Å². The Kier molecular flexibility index (Phi) is 8.93. The number of rotatable bonds is 12. The van der Waals surface area contributed by atoms with Crippen LogP contribution in [-0.4, -0.2) is 40.2 Å². The Morgan fingerprint density at radius 1 is 1.06 bits per heavy atom. The molecule has 0 aliphatic carbocycles. The van der Waals surface area contributed by atoms with Gasteiger partial charge in [0.05, 0.1) is 32.4 Å². The van der Waals surface area contributed by atoms with Crippen LogP contribution in [0.25, 0.3) is 0 Å². The summed E-state index contributed by atoms with van der Waals surface area (Å²) in [5, 5.41) is 25.4. The van der Waals surface area contributed by atoms with Gasteiger partial charge >= 0.3 is 5.97 Å². The van der Waals surface area contributed by atoms with Gasteiger partial charge in [-0.3, -0.25) is 9.48 Å². The molecule has 35 heavy (non-hydrogen) atoms. The van der Waals surface area contributed by atoms with Gasteiger partial charge in [0, 0.05) is 29.3 Å². The number of ether oxygens (including phenoxy) is 2. The number of nitrogens with zero attached hydrogens (tertiary/aromatic N) is 2. The van der Waals surface area contributed by atoms with Crippen molar-refractivity contribution in [2.45, 2.75) is 59.1 Å². The lowest BCUT2D eigenvalue weighted by Gasteiger charge is -2.25. The summed E-state index contributed by atoms with van der Waals surface area (Å²) in [6, 6.07) is 14.0. The van der Waals surface area contributed by atoms with E-state index in [-0.39, 0.29) is 12.3 Å². The predicted molar refractivity (Wildman–Crippen MR) is 135 cm³/mol. The van der Waals surface area contributed by atoms with Gasteiger partial charge in [-0.1, -0.05) is 30.3 Å². The van der Waals surface area contributed by atoms with Crippen molar-refractivity contribution in [2.75, 3.05) is 14.2 Å². The lowest BCUT2D eigenvalue weighted by molar-refractivity contribution is -0.136. The SMILES string of the molecule is COc1cc([C@@H](O)[C@@H](CCCc2ccccc2)Cn2nc(C)c(CC(=O)O)c2C)cc(OC)c1C. The maximum Gasteiger partial charge on any atom is 0.307 e. The maximum atomic E-state index is 11.5. The van der Waals surface area contributed by atoms with Crippen LogP contribution in [0, 0.1) is 26.7 Å². The second-order valence-corrected chi connectivity index (χ2v) is 9.04. The molecule has 7 heteroatoms. The third kappa shape index (κ3) is 6.42. The first kappa shape index (κ1) is 26.3. The van der Waals surface area contributed by atoms with Crippen molar-refractivity contribution in [3.05, 3.63) is 76.1 Å². The summed E-state index contributed by atoms with van der Waals surface area (Å²) in [5.74, 6) is 0.299. The first-order valence-electron chi connectivity index (χ1n) is 11.9. The largest absolute Gasteiger partial charge is 0.496 e. The molecule has 0 bridgehead atoms. The summed E-state index contributed by atoms with van der Waals surface area (Å²) in [7, 11) is 3.21. The number of aliphatic carboxylic acids is 1. The Morgan fingerprint density at radius 2 is 1.69 bits per heavy atom. The molecule has 0 saturated carbocycles. The number of aryl methyl sites for hydroxylation is 2. The van der Waals surface area contributed by atoms with E-state index >= 15 is 0 Å².